The SMILES string of the molecule is O=c1[nH]c(O)c(-c2nnc(N/N=C/c3cccc([N+](=O)[O-])c3)s2)c(=O)[nH]1. The molecule has 0 radical (unpaired) electrons. The molecule has 0 bridgehead atoms. The second-order valence-corrected chi connectivity index (χ2v) is 5.74. The van der Waals surface area contributed by atoms with E-state index in [4.69, 9.17) is 0 Å². The summed E-state index contributed by atoms with van der Waals surface area (Å²) in [5, 5.41) is 32.1. The molecule has 3 rings (SSSR count). The minimum atomic E-state index is -0.847. The smallest absolute Gasteiger partial charge is 0.328 e. The average Bonchev–Trinajstić information content (AvgIpc) is 3.02. The van der Waals surface area contributed by atoms with Crippen LogP contribution in [0.2, 0.25) is 0 Å². The Bertz CT molecular complexity index is 1120. The van der Waals surface area contributed by atoms with Gasteiger partial charge in [-0.15, -0.1) is 10.2 Å². The lowest BCUT2D eigenvalue weighted by Gasteiger charge is -1.96. The van der Waals surface area contributed by atoms with E-state index in [1.54, 1.807) is 6.07 Å². The summed E-state index contributed by atoms with van der Waals surface area (Å²) in [5.41, 5.74) is 1.10. The van der Waals surface area contributed by atoms with Gasteiger partial charge in [0.2, 0.25) is 11.0 Å². The van der Waals surface area contributed by atoms with Gasteiger partial charge in [0.15, 0.2) is 5.01 Å². The molecule has 0 fully saturated rings. The molecule has 132 valence electrons. The summed E-state index contributed by atoms with van der Waals surface area (Å²) in [6.07, 6.45) is 1.35. The van der Waals surface area contributed by atoms with Gasteiger partial charge in [-0.3, -0.25) is 30.3 Å². The number of benzene rings is 1. The van der Waals surface area contributed by atoms with Gasteiger partial charge in [0.25, 0.3) is 11.2 Å². The molecular weight excluding hydrogens is 366 g/mol. The molecule has 0 amide bonds. The first-order chi connectivity index (χ1) is 12.4. The normalized spacial score (nSPS) is 10.9. The van der Waals surface area contributed by atoms with Gasteiger partial charge >= 0.3 is 5.69 Å². The number of nitro groups is 1. The Morgan fingerprint density at radius 3 is 2.85 bits per heavy atom. The van der Waals surface area contributed by atoms with Crippen LogP contribution in [0.5, 0.6) is 5.88 Å². The number of aromatic nitrogens is 4. The summed E-state index contributed by atoms with van der Waals surface area (Å²) in [6.45, 7) is 0. The minimum absolute atomic E-state index is 0.0630. The first-order valence-electron chi connectivity index (χ1n) is 6.87. The number of aromatic amines is 2. The molecule has 1 aromatic carbocycles. The van der Waals surface area contributed by atoms with Gasteiger partial charge < -0.3 is 5.11 Å². The highest BCUT2D eigenvalue weighted by Gasteiger charge is 2.16. The maximum Gasteiger partial charge on any atom is 0.328 e. The molecule has 0 aliphatic rings. The van der Waals surface area contributed by atoms with E-state index in [2.05, 4.69) is 20.7 Å². The number of anilines is 1. The second kappa shape index (κ2) is 6.94. The van der Waals surface area contributed by atoms with E-state index in [0.717, 1.165) is 11.3 Å². The molecule has 2 aromatic heterocycles. The largest absolute Gasteiger partial charge is 0.494 e. The van der Waals surface area contributed by atoms with Crippen LogP contribution in [-0.4, -0.2) is 36.4 Å². The maximum absolute atomic E-state index is 11.8. The van der Waals surface area contributed by atoms with E-state index in [1.807, 2.05) is 9.97 Å². The predicted octanol–water partition coefficient (Wildman–Crippen LogP) is 0.641. The van der Waals surface area contributed by atoms with Crippen molar-refractivity contribution in [1.29, 1.82) is 0 Å². The van der Waals surface area contributed by atoms with Gasteiger partial charge in [-0.25, -0.2) is 4.79 Å². The first-order valence-corrected chi connectivity index (χ1v) is 7.68. The van der Waals surface area contributed by atoms with Crippen LogP contribution >= 0.6 is 11.3 Å². The molecule has 13 heteroatoms. The maximum atomic E-state index is 11.8. The van der Waals surface area contributed by atoms with E-state index in [-0.39, 0.29) is 21.4 Å². The van der Waals surface area contributed by atoms with Gasteiger partial charge in [-0.2, -0.15) is 5.10 Å². The Labute approximate surface area is 147 Å². The molecule has 3 aromatic rings. The third-order valence-corrected chi connectivity index (χ3v) is 3.86. The van der Waals surface area contributed by atoms with Gasteiger partial charge in [0.05, 0.1) is 11.1 Å². The summed E-state index contributed by atoms with van der Waals surface area (Å²) in [7, 11) is 0. The Kier molecular flexibility index (Phi) is 4.53. The lowest BCUT2D eigenvalue weighted by Crippen LogP contribution is -2.23. The Morgan fingerprint density at radius 2 is 2.12 bits per heavy atom. The number of non-ortho nitro benzene ring substituents is 1. The van der Waals surface area contributed by atoms with Gasteiger partial charge in [-0.05, 0) is 0 Å². The zero-order chi connectivity index (χ0) is 18.7. The van der Waals surface area contributed by atoms with E-state index in [0.29, 0.717) is 5.56 Å². The van der Waals surface area contributed by atoms with E-state index in [1.165, 1.54) is 24.4 Å². The highest BCUT2D eigenvalue weighted by Crippen LogP contribution is 2.27. The minimum Gasteiger partial charge on any atom is -0.494 e. The van der Waals surface area contributed by atoms with Crippen LogP contribution in [0.3, 0.4) is 0 Å². The van der Waals surface area contributed by atoms with E-state index < -0.39 is 22.1 Å². The summed E-state index contributed by atoms with van der Waals surface area (Å²) < 4.78 is 0. The molecule has 12 nitrogen and oxygen atoms in total. The summed E-state index contributed by atoms with van der Waals surface area (Å²) in [6, 6.07) is 5.85. The standard InChI is InChI=1S/C13H9N7O5S/c21-9-8(10(22)16-12(23)15-9)11-17-19-13(26-11)18-14-5-6-2-1-3-7(4-6)20(24)25/h1-5H,(H,18,19)(H3,15,16,21,22,23)/b14-5+. The van der Waals surface area contributed by atoms with Crippen LogP contribution < -0.4 is 16.7 Å². The highest BCUT2D eigenvalue weighted by molar-refractivity contribution is 7.18. The number of hydrogen-bond acceptors (Lipinski definition) is 10. The van der Waals surface area contributed by atoms with Crippen LogP contribution in [0.15, 0.2) is 39.0 Å². The van der Waals surface area contributed by atoms with E-state index >= 15 is 0 Å². The number of nitrogens with one attached hydrogen (secondary N) is 3. The number of nitro benzene ring substituents is 1. The second-order valence-electron chi connectivity index (χ2n) is 4.77. The van der Waals surface area contributed by atoms with Crippen molar-refractivity contribution in [2.24, 2.45) is 5.10 Å². The fraction of sp³-hybridized carbons (Fsp3) is 0. The zero-order valence-corrected chi connectivity index (χ0v) is 13.5. The van der Waals surface area contributed by atoms with Crippen LogP contribution in [0, 0.1) is 10.1 Å². The third-order valence-electron chi connectivity index (χ3n) is 3.02. The van der Waals surface area contributed by atoms with Gasteiger partial charge in [0.1, 0.15) is 5.56 Å². The van der Waals surface area contributed by atoms with Crippen LogP contribution in [0.4, 0.5) is 10.8 Å². The number of nitrogens with zero attached hydrogens (tertiary/aromatic N) is 4. The predicted molar refractivity (Wildman–Crippen MR) is 92.6 cm³/mol. The molecule has 2 heterocycles. The Morgan fingerprint density at radius 1 is 1.31 bits per heavy atom. The molecule has 0 aliphatic carbocycles. The Hall–Kier alpha value is -3.87. The van der Waals surface area contributed by atoms with Crippen molar-refractivity contribution in [2.45, 2.75) is 0 Å². The lowest BCUT2D eigenvalue weighted by molar-refractivity contribution is -0.384. The number of aromatic hydroxyl groups is 1. The summed E-state index contributed by atoms with van der Waals surface area (Å²) in [5.74, 6) is -0.624. The number of H-pyrrole nitrogens is 2. The molecule has 0 saturated carbocycles. The molecule has 0 spiro atoms. The summed E-state index contributed by atoms with van der Waals surface area (Å²) >= 11 is 0.906. The fourth-order valence-electron chi connectivity index (χ4n) is 1.92. The van der Waals surface area contributed by atoms with Crippen molar-refractivity contribution < 1.29 is 10.0 Å². The van der Waals surface area contributed by atoms with Crippen molar-refractivity contribution in [3.8, 4) is 16.5 Å². The topological polar surface area (TPSA) is 179 Å². The molecular formula is C13H9N7O5S. The number of hydrazone groups is 1. The third kappa shape index (κ3) is 3.62. The average molecular weight is 375 g/mol. The number of hydrogen-bond donors (Lipinski definition) is 4. The van der Waals surface area contributed by atoms with E-state index in [9.17, 15) is 24.8 Å². The molecule has 0 saturated heterocycles. The van der Waals surface area contributed by atoms with Crippen molar-refractivity contribution in [3.63, 3.8) is 0 Å². The monoisotopic (exact) mass is 375 g/mol. The van der Waals surface area contributed by atoms with Crippen molar-refractivity contribution >= 4 is 28.4 Å². The van der Waals surface area contributed by atoms with Crippen molar-refractivity contribution in [3.05, 3.63) is 60.8 Å². The molecule has 0 unspecified atom stereocenters. The van der Waals surface area contributed by atoms with Crippen LogP contribution in [0.1, 0.15) is 5.56 Å². The Balaban J connectivity index is 1.77. The van der Waals surface area contributed by atoms with Crippen molar-refractivity contribution in [2.75, 3.05) is 5.43 Å². The molecule has 0 aliphatic heterocycles. The van der Waals surface area contributed by atoms with Gasteiger partial charge in [-0.1, -0.05) is 23.5 Å². The van der Waals surface area contributed by atoms with Gasteiger partial charge in [0, 0.05) is 17.7 Å². The lowest BCUT2D eigenvalue weighted by atomic mass is 10.2. The fourth-order valence-corrected chi connectivity index (χ4v) is 2.66. The number of rotatable bonds is 5. The summed E-state index contributed by atoms with van der Waals surface area (Å²) in [4.78, 5) is 37.0. The quantitative estimate of drug-likeness (QED) is 0.285. The van der Waals surface area contributed by atoms with Crippen molar-refractivity contribution in [1.82, 2.24) is 20.2 Å². The highest BCUT2D eigenvalue weighted by atomic mass is 32.1. The van der Waals surface area contributed by atoms with Crippen LogP contribution in [-0.2, 0) is 0 Å². The van der Waals surface area contributed by atoms with Crippen LogP contribution in [0.25, 0.3) is 10.6 Å². The first kappa shape index (κ1) is 17.0. The molecule has 0 atom stereocenters. The molecule has 4 N–H and O–H groups in total. The molecule has 26 heavy (non-hydrogen) atoms. The zero-order valence-electron chi connectivity index (χ0n) is 12.7.